The zero-order valence-corrected chi connectivity index (χ0v) is 13.7. The van der Waals surface area contributed by atoms with Crippen LogP contribution >= 0.6 is 18.8 Å². The Morgan fingerprint density at radius 2 is 1.29 bits per heavy atom. The van der Waals surface area contributed by atoms with E-state index in [9.17, 15) is 0 Å². The summed E-state index contributed by atoms with van der Waals surface area (Å²) in [6.45, 7) is 0. The molecule has 0 aromatic heterocycles. The van der Waals surface area contributed by atoms with E-state index >= 15 is 0 Å². The number of hydrogen-bond acceptors (Lipinski definition) is 4. The molecule has 0 unspecified atom stereocenters. The zero-order valence-electron chi connectivity index (χ0n) is 3.55. The van der Waals surface area contributed by atoms with Crippen LogP contribution in [0.5, 0.6) is 0 Å². The minimum atomic E-state index is -2.00. The standard InChI is InChI=1S/Cd.2O.2S.Ti.Zn. The third-order valence-electron chi connectivity index (χ3n) is 0. The van der Waals surface area contributed by atoms with Gasteiger partial charge in [-0.15, -0.1) is 0 Å². The van der Waals surface area contributed by atoms with Crippen molar-refractivity contribution in [3.05, 3.63) is 0 Å². The molecular weight excluding hydrogens is 322 g/mol. The van der Waals surface area contributed by atoms with Crippen LogP contribution in [0.2, 0.25) is 0 Å². The monoisotopic (exact) mass is 322 g/mol. The van der Waals surface area contributed by atoms with Crippen LogP contribution in [0.25, 0.3) is 0 Å². The van der Waals surface area contributed by atoms with Gasteiger partial charge in [0.05, 0.1) is 0 Å². The normalized spacial score (nSPS) is 2.86. The summed E-state index contributed by atoms with van der Waals surface area (Å²) in [5, 5.41) is 0. The van der Waals surface area contributed by atoms with E-state index in [1.807, 2.05) is 0 Å². The molecular formula is CdO2S2TiZn. The summed E-state index contributed by atoms with van der Waals surface area (Å²) in [6.07, 6.45) is 0. The average Bonchev–Trinajstić information content (AvgIpc) is 1.78. The molecule has 0 bridgehead atoms. The van der Waals surface area contributed by atoms with E-state index in [1.165, 1.54) is 0 Å². The maximum absolute atomic E-state index is 8.50. The predicted molar refractivity (Wildman–Crippen MR) is 16.6 cm³/mol. The van der Waals surface area contributed by atoms with Crippen LogP contribution in [-0.4, -0.2) is 0 Å². The molecule has 0 aliphatic carbocycles. The molecule has 0 heterocycles. The molecule has 0 spiro atoms. The molecule has 0 fully saturated rings. The van der Waals surface area contributed by atoms with Crippen LogP contribution < -0.4 is 0 Å². The maximum atomic E-state index is 8.50. The first kappa shape index (κ1) is 16.1. The van der Waals surface area contributed by atoms with Crippen molar-refractivity contribution in [2.24, 2.45) is 0 Å². The van der Waals surface area contributed by atoms with Gasteiger partial charge in [0.15, 0.2) is 0 Å². The van der Waals surface area contributed by atoms with Gasteiger partial charge in [0.25, 0.3) is 0 Å². The molecule has 7 heavy (non-hydrogen) atoms. The quantitative estimate of drug-likeness (QED) is 0.625. The van der Waals surface area contributed by atoms with Gasteiger partial charge < -0.3 is 0 Å². The molecule has 0 amide bonds. The topological polar surface area (TPSA) is 34.1 Å². The van der Waals surface area contributed by atoms with Crippen LogP contribution in [-0.2, 0) is 66.0 Å². The number of rotatable bonds is 0. The van der Waals surface area contributed by atoms with E-state index in [1.54, 1.807) is 0 Å². The summed E-state index contributed by atoms with van der Waals surface area (Å²) in [7, 11) is 8.46. The Hall–Kier alpha value is 2.30. The molecule has 0 atom stereocenters. The van der Waals surface area contributed by atoms with Crippen molar-refractivity contribution in [3.8, 4) is 0 Å². The summed E-state index contributed by atoms with van der Waals surface area (Å²) in [6, 6.07) is 0. The fraction of sp³-hybridized carbons (Fsp3) is 0. The summed E-state index contributed by atoms with van der Waals surface area (Å²) in [5.41, 5.74) is 0. The molecule has 0 aliphatic rings. The second-order valence-electron chi connectivity index (χ2n) is 0.0833. The molecule has 0 saturated carbocycles. The van der Waals surface area contributed by atoms with Crippen molar-refractivity contribution in [3.63, 3.8) is 0 Å². The Balaban J connectivity index is -0.0000000360. The fourth-order valence-electron chi connectivity index (χ4n) is 0. The van der Waals surface area contributed by atoms with Crippen LogP contribution in [0.15, 0.2) is 0 Å². The Kier molecular flexibility index (Phi) is 93.7. The van der Waals surface area contributed by atoms with Crippen LogP contribution in [0.1, 0.15) is 0 Å². The molecule has 32 valence electrons. The van der Waals surface area contributed by atoms with E-state index < -0.39 is 19.1 Å². The van der Waals surface area contributed by atoms with Gasteiger partial charge in [-0.2, -0.15) is 0 Å². The van der Waals surface area contributed by atoms with Crippen molar-refractivity contribution in [1.29, 1.82) is 0 Å². The second-order valence-corrected chi connectivity index (χ2v) is 0.344. The Bertz CT molecular complexity index is 51.7. The van der Waals surface area contributed by atoms with Crippen LogP contribution in [0.3, 0.4) is 0 Å². The first-order chi connectivity index (χ1) is 3.41. The molecule has 2 nitrogen and oxygen atoms in total. The first-order valence-electron chi connectivity index (χ1n) is 0.986. The van der Waals surface area contributed by atoms with Crippen LogP contribution in [0.4, 0.5) is 0 Å². The van der Waals surface area contributed by atoms with Gasteiger partial charge in [-0.3, -0.25) is 0 Å². The van der Waals surface area contributed by atoms with E-state index in [0.717, 1.165) is 40.2 Å². The predicted octanol–water partition coefficient (Wildman–Crippen LogP) is 1.05. The van der Waals surface area contributed by atoms with E-state index in [-0.39, 0.29) is 0 Å². The third-order valence-corrected chi connectivity index (χ3v) is 0. The number of hydrogen-bond donors (Lipinski definition) is 0. The summed E-state index contributed by atoms with van der Waals surface area (Å²) < 4.78 is 17.0. The van der Waals surface area contributed by atoms with Crippen molar-refractivity contribution in [2.75, 3.05) is 0 Å². The molecule has 7 heteroatoms. The Morgan fingerprint density at radius 1 is 1.29 bits per heavy atom. The second kappa shape index (κ2) is 40.6. The van der Waals surface area contributed by atoms with E-state index in [4.69, 9.17) is 6.65 Å². The third kappa shape index (κ3) is 62.3. The fourth-order valence-corrected chi connectivity index (χ4v) is 0. The average molecular weight is 322 g/mol. The molecule has 0 aliphatic heterocycles. The summed E-state index contributed by atoms with van der Waals surface area (Å²) in [5.74, 6) is 0. The van der Waals surface area contributed by atoms with E-state index in [0.29, 0.717) is 0 Å². The SMILES string of the molecule is [O]=[Ti]=[O].[S]=[Cd].[S]=[Zn]. The van der Waals surface area contributed by atoms with Gasteiger partial charge in [-0.25, -0.2) is 0 Å². The zero-order chi connectivity index (χ0) is 6.71. The molecule has 0 N–H and O–H groups in total. The van der Waals surface area contributed by atoms with Crippen molar-refractivity contribution in [2.45, 2.75) is 0 Å². The van der Waals surface area contributed by atoms with Gasteiger partial charge >= 0.3 is 84.7 Å². The molecule has 0 aromatic carbocycles. The van der Waals surface area contributed by atoms with Gasteiger partial charge in [-0.05, 0) is 0 Å². The molecule has 0 aromatic rings. The van der Waals surface area contributed by atoms with Crippen molar-refractivity contribution < 1.29 is 66.0 Å². The van der Waals surface area contributed by atoms with Gasteiger partial charge in [0, 0.05) is 0 Å². The van der Waals surface area contributed by atoms with Crippen molar-refractivity contribution >= 4 is 18.8 Å². The Labute approximate surface area is 83.2 Å². The molecule has 0 saturated heterocycles. The van der Waals surface area contributed by atoms with Gasteiger partial charge in [-0.1, -0.05) is 0 Å². The molecule has 0 radical (unpaired) electrons. The molecule has 0 rings (SSSR count). The first-order valence-corrected chi connectivity index (χ1v) is 12.0. The van der Waals surface area contributed by atoms with Crippen molar-refractivity contribution in [1.82, 2.24) is 0 Å². The minimum absolute atomic E-state index is 0.733. The van der Waals surface area contributed by atoms with Gasteiger partial charge in [0.1, 0.15) is 0 Å². The van der Waals surface area contributed by atoms with Gasteiger partial charge in [0.2, 0.25) is 0 Å². The summed E-state index contributed by atoms with van der Waals surface area (Å²) in [4.78, 5) is 0. The summed E-state index contributed by atoms with van der Waals surface area (Å²) >= 11 is -0.308. The Morgan fingerprint density at radius 3 is 1.29 bits per heavy atom. The van der Waals surface area contributed by atoms with Crippen LogP contribution in [0, 0.1) is 0 Å². The van der Waals surface area contributed by atoms with E-state index in [2.05, 4.69) is 18.8 Å².